The van der Waals surface area contributed by atoms with Crippen LogP contribution in [0.5, 0.6) is 0 Å². The number of benzene rings is 2. The second-order valence-electron chi connectivity index (χ2n) is 8.44. The largest absolute Gasteiger partial charge is 0.372 e. The fraction of sp³-hybridized carbons (Fsp3) is 0.231. The van der Waals surface area contributed by atoms with Gasteiger partial charge in [0.15, 0.2) is 15.9 Å². The number of hydrogen-bond acceptors (Lipinski definition) is 5. The molecule has 5 rings (SSSR count). The Morgan fingerprint density at radius 2 is 1.59 bits per heavy atom. The molecule has 0 radical (unpaired) electrons. The van der Waals surface area contributed by atoms with Crippen molar-refractivity contribution in [3.8, 4) is 23.3 Å². The van der Waals surface area contributed by atoms with Crippen LogP contribution in [0, 0.1) is 32.8 Å². The third-order valence-corrected chi connectivity index (χ3v) is 6.70. The lowest BCUT2D eigenvalue weighted by molar-refractivity contribution is 0.578. The van der Waals surface area contributed by atoms with Crippen LogP contribution in [0.15, 0.2) is 54.6 Å². The summed E-state index contributed by atoms with van der Waals surface area (Å²) in [6, 6.07) is 22.2. The van der Waals surface area contributed by atoms with Gasteiger partial charge in [-0.3, -0.25) is 15.1 Å². The van der Waals surface area contributed by atoms with Crippen molar-refractivity contribution in [1.29, 1.82) is 15.9 Å². The van der Waals surface area contributed by atoms with E-state index < -0.39 is 0 Å². The van der Waals surface area contributed by atoms with Crippen molar-refractivity contribution < 1.29 is 0 Å². The smallest absolute Gasteiger partial charge is 0.194 e. The summed E-state index contributed by atoms with van der Waals surface area (Å²) >= 11 is 5.55. The number of H-pyrrole nitrogens is 1. The van der Waals surface area contributed by atoms with Crippen LogP contribution in [-0.2, 0) is 6.54 Å². The van der Waals surface area contributed by atoms with Crippen molar-refractivity contribution in [2.24, 2.45) is 0 Å². The maximum Gasteiger partial charge on any atom is 0.194 e. The van der Waals surface area contributed by atoms with Crippen LogP contribution in [-0.4, -0.2) is 27.3 Å². The van der Waals surface area contributed by atoms with E-state index in [2.05, 4.69) is 22.1 Å². The molecule has 4 aromatic rings. The number of nitrogens with zero attached hydrogens (tertiary/aromatic N) is 5. The third kappa shape index (κ3) is 3.68. The third-order valence-electron chi connectivity index (χ3n) is 6.39. The molecular weight excluding hydrogens is 442 g/mol. The number of nitrogens with one attached hydrogen (secondary N) is 2. The van der Waals surface area contributed by atoms with Gasteiger partial charge >= 0.3 is 0 Å². The average molecular weight is 466 g/mol. The molecule has 2 aromatic carbocycles. The molecule has 1 aliphatic rings. The first kappa shape index (κ1) is 21.7. The predicted octanol–water partition coefficient (Wildman–Crippen LogP) is 4.73. The van der Waals surface area contributed by atoms with Crippen LogP contribution in [0.2, 0.25) is 0 Å². The molecule has 168 valence electrons. The Bertz CT molecular complexity index is 1560. The van der Waals surface area contributed by atoms with E-state index in [-0.39, 0.29) is 11.1 Å². The van der Waals surface area contributed by atoms with Gasteiger partial charge in [0.2, 0.25) is 0 Å². The van der Waals surface area contributed by atoms with Gasteiger partial charge in [0.1, 0.15) is 23.3 Å². The molecule has 8 heteroatoms. The van der Waals surface area contributed by atoms with Crippen molar-refractivity contribution in [2.75, 3.05) is 18.0 Å². The lowest BCUT2D eigenvalue weighted by Crippen LogP contribution is -2.29. The van der Waals surface area contributed by atoms with Gasteiger partial charge in [0.05, 0.1) is 6.54 Å². The number of hydrogen-bond donors (Lipinski definition) is 2. The molecule has 0 atom stereocenters. The summed E-state index contributed by atoms with van der Waals surface area (Å²) in [6.07, 6.45) is 3.64. The van der Waals surface area contributed by atoms with Crippen LogP contribution in [0.4, 0.5) is 5.69 Å². The van der Waals surface area contributed by atoms with E-state index in [4.69, 9.17) is 17.6 Å². The van der Waals surface area contributed by atoms with Crippen molar-refractivity contribution in [3.63, 3.8) is 0 Å². The second kappa shape index (κ2) is 9.01. The van der Waals surface area contributed by atoms with Gasteiger partial charge < -0.3 is 4.90 Å². The van der Waals surface area contributed by atoms with E-state index in [0.717, 1.165) is 29.9 Å². The van der Waals surface area contributed by atoms with E-state index in [1.807, 2.05) is 59.2 Å². The summed E-state index contributed by atoms with van der Waals surface area (Å²) in [5.41, 5.74) is 4.28. The molecule has 1 fully saturated rings. The Morgan fingerprint density at radius 1 is 0.912 bits per heavy atom. The number of aromatic nitrogens is 3. The number of nitriles is 2. The predicted molar refractivity (Wildman–Crippen MR) is 133 cm³/mol. The molecule has 0 bridgehead atoms. The number of fused-ring (bicyclic) bond motifs is 1. The van der Waals surface area contributed by atoms with Gasteiger partial charge in [-0.2, -0.15) is 10.5 Å². The minimum absolute atomic E-state index is 0.0236. The Hall–Kier alpha value is -4.14. The van der Waals surface area contributed by atoms with Crippen molar-refractivity contribution in [2.45, 2.75) is 25.8 Å². The van der Waals surface area contributed by atoms with Crippen molar-refractivity contribution in [1.82, 2.24) is 14.2 Å². The fourth-order valence-electron chi connectivity index (χ4n) is 4.71. The monoisotopic (exact) mass is 465 g/mol. The van der Waals surface area contributed by atoms with Gasteiger partial charge in [-0.25, -0.2) is 4.52 Å². The highest BCUT2D eigenvalue weighted by Gasteiger charge is 2.22. The van der Waals surface area contributed by atoms with E-state index in [9.17, 15) is 10.5 Å². The van der Waals surface area contributed by atoms with Crippen LogP contribution in [0.3, 0.4) is 0 Å². The zero-order valence-electron chi connectivity index (χ0n) is 18.6. The SMILES string of the molecule is N#Cc1c(-c2ccc(N3CCCCC3)cc2)c(C#N)c2n(Cc3ccccc3)c(=S)[nH]n2c1=N. The zero-order chi connectivity index (χ0) is 23.7. The molecule has 0 aliphatic carbocycles. The van der Waals surface area contributed by atoms with Crippen LogP contribution >= 0.6 is 12.2 Å². The van der Waals surface area contributed by atoms with Gasteiger partial charge in [-0.15, -0.1) is 0 Å². The number of anilines is 1. The Kier molecular flexibility index (Phi) is 5.75. The average Bonchev–Trinajstić information content (AvgIpc) is 3.21. The molecule has 0 amide bonds. The minimum atomic E-state index is -0.0236. The van der Waals surface area contributed by atoms with Crippen LogP contribution in [0.25, 0.3) is 16.8 Å². The van der Waals surface area contributed by atoms with Gasteiger partial charge in [0.25, 0.3) is 0 Å². The highest BCUT2D eigenvalue weighted by molar-refractivity contribution is 7.71. The zero-order valence-corrected chi connectivity index (χ0v) is 19.4. The lowest BCUT2D eigenvalue weighted by Gasteiger charge is -2.29. The highest BCUT2D eigenvalue weighted by Crippen LogP contribution is 2.31. The topological polar surface area (TPSA) is 99.8 Å². The molecule has 2 N–H and O–H groups in total. The van der Waals surface area contributed by atoms with E-state index in [0.29, 0.717) is 28.1 Å². The second-order valence-corrected chi connectivity index (χ2v) is 8.83. The molecule has 34 heavy (non-hydrogen) atoms. The molecule has 3 heterocycles. The number of rotatable bonds is 4. The summed E-state index contributed by atoms with van der Waals surface area (Å²) < 4.78 is 3.64. The maximum absolute atomic E-state index is 10.2. The van der Waals surface area contributed by atoms with E-state index >= 15 is 0 Å². The van der Waals surface area contributed by atoms with E-state index in [1.54, 1.807) is 0 Å². The first-order valence-corrected chi connectivity index (χ1v) is 11.7. The summed E-state index contributed by atoms with van der Waals surface area (Å²) in [5, 5.41) is 31.9. The number of pyridine rings is 1. The Balaban J connectivity index is 1.71. The number of aromatic amines is 1. The number of piperidine rings is 1. The molecule has 1 aliphatic heterocycles. The summed E-state index contributed by atoms with van der Waals surface area (Å²) in [5.74, 6) is 0. The van der Waals surface area contributed by atoms with Crippen LogP contribution < -0.4 is 10.4 Å². The normalized spacial score (nSPS) is 13.5. The minimum Gasteiger partial charge on any atom is -0.372 e. The van der Waals surface area contributed by atoms with Gasteiger partial charge in [-0.05, 0) is 54.7 Å². The molecule has 2 aromatic heterocycles. The van der Waals surface area contributed by atoms with Crippen LogP contribution in [0.1, 0.15) is 36.0 Å². The quantitative estimate of drug-likeness (QED) is 0.426. The molecule has 0 saturated carbocycles. The molecular formula is C26H23N7S. The van der Waals surface area contributed by atoms with Gasteiger partial charge in [0, 0.05) is 24.3 Å². The van der Waals surface area contributed by atoms with Gasteiger partial charge in [-0.1, -0.05) is 42.5 Å². The first-order chi connectivity index (χ1) is 16.6. The standard InChI is InChI=1S/C26H23N7S/c27-15-21-23(19-9-11-20(12-10-19)31-13-5-2-6-14-31)22(16-28)25-32(17-18-7-3-1-4-8-18)26(34)30-33(25)24(21)29/h1,3-4,7-12,29H,2,5-6,13-14,17H2,(H,30,34). The maximum atomic E-state index is 10.2. The molecule has 7 nitrogen and oxygen atoms in total. The van der Waals surface area contributed by atoms with Crippen molar-refractivity contribution >= 4 is 23.6 Å². The fourth-order valence-corrected chi connectivity index (χ4v) is 4.95. The first-order valence-electron chi connectivity index (χ1n) is 11.3. The summed E-state index contributed by atoms with van der Waals surface area (Å²) in [7, 11) is 0. The lowest BCUT2D eigenvalue weighted by atomic mass is 9.96. The highest BCUT2D eigenvalue weighted by atomic mass is 32.1. The van der Waals surface area contributed by atoms with Crippen molar-refractivity contribution in [3.05, 3.63) is 81.5 Å². The summed E-state index contributed by atoms with van der Waals surface area (Å²) in [6.45, 7) is 2.52. The molecule has 1 saturated heterocycles. The Morgan fingerprint density at radius 3 is 2.24 bits per heavy atom. The molecule has 0 unspecified atom stereocenters. The van der Waals surface area contributed by atoms with E-state index in [1.165, 1.54) is 23.8 Å². The molecule has 0 spiro atoms. The summed E-state index contributed by atoms with van der Waals surface area (Å²) in [4.78, 5) is 2.36. The Labute approximate surface area is 202 Å².